The maximum absolute atomic E-state index is 13.5. The smallest absolute Gasteiger partial charge is 0.252 e. The fourth-order valence-corrected chi connectivity index (χ4v) is 2.46. The molecule has 3 N–H and O–H groups in total. The number of hydrogen-bond donors (Lipinski definition) is 2. The molecule has 0 aliphatic carbocycles. The molecule has 0 unspecified atom stereocenters. The highest BCUT2D eigenvalue weighted by atomic mass is 32.2. The third-order valence-corrected chi connectivity index (χ3v) is 4.25. The summed E-state index contributed by atoms with van der Waals surface area (Å²) in [6, 6.07) is 1.82. The van der Waals surface area contributed by atoms with Crippen LogP contribution in [0.25, 0.3) is 0 Å². The minimum Gasteiger partial charge on any atom is -0.347 e. The van der Waals surface area contributed by atoms with E-state index < -0.39 is 27.3 Å². The molecule has 0 heterocycles. The topological polar surface area (TPSA) is 89.3 Å². The van der Waals surface area contributed by atoms with E-state index >= 15 is 0 Å². The van der Waals surface area contributed by atoms with Gasteiger partial charge >= 0.3 is 0 Å². The Morgan fingerprint density at radius 1 is 1.40 bits per heavy atom. The highest BCUT2D eigenvalue weighted by Gasteiger charge is 2.24. The number of nitrogens with one attached hydrogen (secondary N) is 1. The second-order valence-corrected chi connectivity index (χ2v) is 6.84. The Morgan fingerprint density at radius 3 is 2.40 bits per heavy atom. The number of hydrogen-bond acceptors (Lipinski definition) is 3. The molecular weight excluding hydrogens is 283 g/mol. The van der Waals surface area contributed by atoms with Crippen molar-refractivity contribution >= 4 is 15.9 Å². The second kappa shape index (κ2) is 5.49. The SMILES string of the molecule is CCC(C)(C)NC(=O)c1cc(F)cc(S(N)(=O)=O)c1C. The largest absolute Gasteiger partial charge is 0.347 e. The number of rotatable bonds is 4. The molecule has 0 radical (unpaired) electrons. The van der Waals surface area contributed by atoms with Crippen molar-refractivity contribution in [1.82, 2.24) is 5.32 Å². The first-order valence-electron chi connectivity index (χ1n) is 6.13. The third-order valence-electron chi connectivity index (χ3n) is 3.21. The predicted molar refractivity (Wildman–Crippen MR) is 74.3 cm³/mol. The second-order valence-electron chi connectivity index (χ2n) is 5.31. The lowest BCUT2D eigenvalue weighted by atomic mass is 10.00. The molecule has 1 aromatic carbocycles. The lowest BCUT2D eigenvalue weighted by molar-refractivity contribution is 0.0910. The summed E-state index contributed by atoms with van der Waals surface area (Å²) in [6.45, 7) is 6.96. The molecule has 0 spiro atoms. The summed E-state index contributed by atoms with van der Waals surface area (Å²) >= 11 is 0. The highest BCUT2D eigenvalue weighted by Crippen LogP contribution is 2.21. The Kier molecular flexibility index (Phi) is 4.55. The molecule has 112 valence electrons. The van der Waals surface area contributed by atoms with Crippen LogP contribution in [0.3, 0.4) is 0 Å². The summed E-state index contributed by atoms with van der Waals surface area (Å²) in [7, 11) is -4.08. The molecule has 0 saturated carbocycles. The summed E-state index contributed by atoms with van der Waals surface area (Å²) in [5.74, 6) is -1.35. The van der Waals surface area contributed by atoms with Crippen LogP contribution in [0.2, 0.25) is 0 Å². The Morgan fingerprint density at radius 2 is 1.95 bits per heavy atom. The minimum absolute atomic E-state index is 0.0319. The zero-order valence-corrected chi connectivity index (χ0v) is 12.8. The van der Waals surface area contributed by atoms with Crippen LogP contribution in [0.4, 0.5) is 4.39 Å². The molecule has 1 rings (SSSR count). The number of carbonyl (C=O) groups excluding carboxylic acids is 1. The van der Waals surface area contributed by atoms with Gasteiger partial charge in [0.05, 0.1) is 4.90 Å². The van der Waals surface area contributed by atoms with Crippen molar-refractivity contribution in [1.29, 1.82) is 0 Å². The van der Waals surface area contributed by atoms with E-state index in [9.17, 15) is 17.6 Å². The third kappa shape index (κ3) is 3.77. The van der Waals surface area contributed by atoms with E-state index in [2.05, 4.69) is 5.32 Å². The molecule has 0 bridgehead atoms. The molecule has 0 aliphatic heterocycles. The number of nitrogens with two attached hydrogens (primary N) is 1. The van der Waals surface area contributed by atoms with E-state index in [1.165, 1.54) is 6.92 Å². The van der Waals surface area contributed by atoms with Gasteiger partial charge in [0.2, 0.25) is 10.0 Å². The quantitative estimate of drug-likeness (QED) is 0.887. The zero-order chi connectivity index (χ0) is 15.7. The van der Waals surface area contributed by atoms with E-state index in [-0.39, 0.29) is 16.0 Å². The van der Waals surface area contributed by atoms with E-state index in [4.69, 9.17) is 5.14 Å². The van der Waals surface area contributed by atoms with Crippen LogP contribution in [-0.4, -0.2) is 19.9 Å². The normalized spacial score (nSPS) is 12.3. The van der Waals surface area contributed by atoms with Gasteiger partial charge in [-0.15, -0.1) is 0 Å². The number of primary sulfonamides is 1. The lowest BCUT2D eigenvalue weighted by Crippen LogP contribution is -2.43. The van der Waals surface area contributed by atoms with E-state index in [0.29, 0.717) is 6.42 Å². The van der Waals surface area contributed by atoms with Crippen LogP contribution in [0, 0.1) is 12.7 Å². The molecule has 1 aromatic rings. The lowest BCUT2D eigenvalue weighted by Gasteiger charge is -2.25. The first-order chi connectivity index (χ1) is 8.98. The monoisotopic (exact) mass is 302 g/mol. The first-order valence-corrected chi connectivity index (χ1v) is 7.68. The predicted octanol–water partition coefficient (Wildman–Crippen LogP) is 1.70. The number of benzene rings is 1. The summed E-state index contributed by atoms with van der Waals surface area (Å²) in [6.07, 6.45) is 0.676. The molecule has 20 heavy (non-hydrogen) atoms. The van der Waals surface area contributed by atoms with Crippen LogP contribution in [-0.2, 0) is 10.0 Å². The van der Waals surface area contributed by atoms with Gasteiger partial charge in [-0.25, -0.2) is 17.9 Å². The molecule has 0 aromatic heterocycles. The molecule has 0 fully saturated rings. The van der Waals surface area contributed by atoms with Crippen molar-refractivity contribution in [3.05, 3.63) is 29.1 Å². The van der Waals surface area contributed by atoms with Gasteiger partial charge in [-0.2, -0.15) is 0 Å². The van der Waals surface area contributed by atoms with Gasteiger partial charge in [-0.05, 0) is 44.9 Å². The fraction of sp³-hybridized carbons (Fsp3) is 0.462. The van der Waals surface area contributed by atoms with Gasteiger partial charge in [-0.1, -0.05) is 6.92 Å². The van der Waals surface area contributed by atoms with Crippen molar-refractivity contribution in [3.63, 3.8) is 0 Å². The highest BCUT2D eigenvalue weighted by molar-refractivity contribution is 7.89. The fourth-order valence-electron chi connectivity index (χ4n) is 1.65. The van der Waals surface area contributed by atoms with Gasteiger partial charge in [0, 0.05) is 11.1 Å². The minimum atomic E-state index is -4.08. The number of amides is 1. The Labute approximate surface area is 118 Å². The molecular formula is C13H19FN2O3S. The maximum atomic E-state index is 13.5. The Balaban J connectivity index is 3.33. The molecule has 1 amide bonds. The van der Waals surface area contributed by atoms with E-state index in [1.54, 1.807) is 0 Å². The van der Waals surface area contributed by atoms with Crippen molar-refractivity contribution in [2.75, 3.05) is 0 Å². The summed E-state index contributed by atoms with van der Waals surface area (Å²) in [5.41, 5.74) is -0.369. The molecule has 0 aliphatic rings. The van der Waals surface area contributed by atoms with Crippen LogP contribution in [0.15, 0.2) is 17.0 Å². The van der Waals surface area contributed by atoms with Gasteiger partial charge in [0.25, 0.3) is 5.91 Å². The molecule has 0 atom stereocenters. The number of carbonyl (C=O) groups is 1. The molecule has 7 heteroatoms. The number of halogens is 1. The van der Waals surface area contributed by atoms with Gasteiger partial charge in [-0.3, -0.25) is 4.79 Å². The Bertz CT molecular complexity index is 639. The van der Waals surface area contributed by atoms with Crippen LogP contribution in [0.1, 0.15) is 43.1 Å². The van der Waals surface area contributed by atoms with Crippen LogP contribution >= 0.6 is 0 Å². The summed E-state index contributed by atoms with van der Waals surface area (Å²) in [4.78, 5) is 11.8. The van der Waals surface area contributed by atoms with Crippen molar-refractivity contribution in [2.24, 2.45) is 5.14 Å². The average Bonchev–Trinajstić information content (AvgIpc) is 2.29. The van der Waals surface area contributed by atoms with Gasteiger partial charge < -0.3 is 5.32 Å². The van der Waals surface area contributed by atoms with Gasteiger partial charge in [0.1, 0.15) is 5.82 Å². The van der Waals surface area contributed by atoms with Crippen LogP contribution in [0.5, 0.6) is 0 Å². The van der Waals surface area contributed by atoms with Crippen LogP contribution < -0.4 is 10.5 Å². The standard InChI is InChI=1S/C13H19FN2O3S/c1-5-13(3,4)16-12(17)10-6-9(14)7-11(8(10)2)20(15,18)19/h6-7H,5H2,1-4H3,(H,16,17)(H2,15,18,19). The molecule has 5 nitrogen and oxygen atoms in total. The zero-order valence-electron chi connectivity index (χ0n) is 12.0. The van der Waals surface area contributed by atoms with E-state index in [0.717, 1.165) is 12.1 Å². The first kappa shape index (κ1) is 16.6. The van der Waals surface area contributed by atoms with E-state index in [1.807, 2.05) is 20.8 Å². The average molecular weight is 302 g/mol. The number of sulfonamides is 1. The van der Waals surface area contributed by atoms with Crippen molar-refractivity contribution < 1.29 is 17.6 Å². The maximum Gasteiger partial charge on any atom is 0.252 e. The summed E-state index contributed by atoms with van der Waals surface area (Å²) < 4.78 is 36.3. The Hall–Kier alpha value is -1.47. The summed E-state index contributed by atoms with van der Waals surface area (Å²) in [5, 5.41) is 7.75. The molecule has 0 saturated heterocycles. The van der Waals surface area contributed by atoms with Crippen molar-refractivity contribution in [3.8, 4) is 0 Å². The van der Waals surface area contributed by atoms with Crippen molar-refractivity contribution in [2.45, 2.75) is 44.6 Å². The van der Waals surface area contributed by atoms with Gasteiger partial charge in [0.15, 0.2) is 0 Å².